The second kappa shape index (κ2) is 6.00. The molecule has 0 saturated heterocycles. The van der Waals surface area contributed by atoms with Crippen molar-refractivity contribution in [1.82, 2.24) is 9.78 Å². The summed E-state index contributed by atoms with van der Waals surface area (Å²) in [6.07, 6.45) is 0. The lowest BCUT2D eigenvalue weighted by molar-refractivity contribution is 0.474. The molecule has 0 saturated carbocycles. The molecule has 23 heavy (non-hydrogen) atoms. The molecule has 3 rings (SSSR count). The molecule has 0 aliphatic carbocycles. The van der Waals surface area contributed by atoms with Gasteiger partial charge in [-0.25, -0.2) is 13.5 Å². The molecule has 0 amide bonds. The van der Waals surface area contributed by atoms with Crippen LogP contribution in [0.25, 0.3) is 11.3 Å². The Bertz CT molecular complexity index is 902. The van der Waals surface area contributed by atoms with Gasteiger partial charge in [-0.2, -0.15) is 5.10 Å². The molecule has 0 bridgehead atoms. The summed E-state index contributed by atoms with van der Waals surface area (Å²) in [5.74, 6) is -1.35. The maximum absolute atomic E-state index is 13.3. The molecule has 1 heterocycles. The van der Waals surface area contributed by atoms with Crippen LogP contribution >= 0.6 is 0 Å². The van der Waals surface area contributed by atoms with Crippen molar-refractivity contribution in [2.45, 2.75) is 6.54 Å². The van der Waals surface area contributed by atoms with Crippen LogP contribution in [0.5, 0.6) is 5.75 Å². The van der Waals surface area contributed by atoms with Crippen LogP contribution in [0.4, 0.5) is 8.78 Å². The van der Waals surface area contributed by atoms with E-state index in [-0.39, 0.29) is 29.1 Å². The first-order valence-electron chi connectivity index (χ1n) is 6.84. The van der Waals surface area contributed by atoms with E-state index in [9.17, 15) is 18.7 Å². The lowest BCUT2D eigenvalue weighted by atomic mass is 10.1. The van der Waals surface area contributed by atoms with Crippen molar-refractivity contribution in [3.63, 3.8) is 0 Å². The van der Waals surface area contributed by atoms with E-state index in [0.717, 1.165) is 18.2 Å². The maximum Gasteiger partial charge on any atom is 0.267 e. The van der Waals surface area contributed by atoms with E-state index in [1.807, 2.05) is 0 Å². The molecule has 0 aliphatic rings. The van der Waals surface area contributed by atoms with Crippen LogP contribution in [0.3, 0.4) is 0 Å². The van der Waals surface area contributed by atoms with Crippen molar-refractivity contribution in [2.24, 2.45) is 0 Å². The minimum atomic E-state index is -0.715. The van der Waals surface area contributed by atoms with E-state index in [2.05, 4.69) is 5.10 Å². The van der Waals surface area contributed by atoms with Crippen molar-refractivity contribution < 1.29 is 13.9 Å². The smallest absolute Gasteiger partial charge is 0.267 e. The highest BCUT2D eigenvalue weighted by Crippen LogP contribution is 2.19. The van der Waals surface area contributed by atoms with Crippen LogP contribution in [0, 0.1) is 11.6 Å². The SMILES string of the molecule is O=c1ccc(-c2cc(F)cc(F)c2)nn1Cc1cccc(O)c1. The molecular formula is C17H12F2N2O2. The van der Waals surface area contributed by atoms with E-state index in [0.29, 0.717) is 5.56 Å². The average Bonchev–Trinajstić information content (AvgIpc) is 2.48. The van der Waals surface area contributed by atoms with Gasteiger partial charge in [0.15, 0.2) is 0 Å². The molecule has 1 aromatic heterocycles. The Kier molecular flexibility index (Phi) is 3.89. The summed E-state index contributed by atoms with van der Waals surface area (Å²) in [6, 6.07) is 12.2. The lowest BCUT2D eigenvalue weighted by Gasteiger charge is -2.08. The molecule has 1 N–H and O–H groups in total. The first-order chi connectivity index (χ1) is 11.0. The van der Waals surface area contributed by atoms with Gasteiger partial charge in [0.1, 0.15) is 17.4 Å². The number of hydrogen-bond donors (Lipinski definition) is 1. The fourth-order valence-electron chi connectivity index (χ4n) is 2.25. The monoisotopic (exact) mass is 314 g/mol. The van der Waals surface area contributed by atoms with Gasteiger partial charge in [0, 0.05) is 17.7 Å². The molecule has 0 spiro atoms. The summed E-state index contributed by atoms with van der Waals surface area (Å²) in [5, 5.41) is 13.6. The number of halogens is 2. The van der Waals surface area contributed by atoms with Gasteiger partial charge in [-0.05, 0) is 35.9 Å². The van der Waals surface area contributed by atoms with E-state index in [4.69, 9.17) is 0 Å². The summed E-state index contributed by atoms with van der Waals surface area (Å²) in [7, 11) is 0. The number of benzene rings is 2. The first kappa shape index (κ1) is 14.9. The summed E-state index contributed by atoms with van der Waals surface area (Å²) >= 11 is 0. The molecular weight excluding hydrogens is 302 g/mol. The normalized spacial score (nSPS) is 10.7. The fraction of sp³-hybridized carbons (Fsp3) is 0.0588. The van der Waals surface area contributed by atoms with Crippen LogP contribution in [0.2, 0.25) is 0 Å². The third-order valence-corrected chi connectivity index (χ3v) is 3.27. The average molecular weight is 314 g/mol. The summed E-state index contributed by atoms with van der Waals surface area (Å²) in [6.45, 7) is 0.138. The van der Waals surface area contributed by atoms with Crippen molar-refractivity contribution >= 4 is 0 Å². The molecule has 3 aromatic rings. The minimum Gasteiger partial charge on any atom is -0.508 e. The van der Waals surface area contributed by atoms with Gasteiger partial charge >= 0.3 is 0 Å². The Labute approximate surface area is 130 Å². The minimum absolute atomic E-state index is 0.0823. The number of rotatable bonds is 3. The summed E-state index contributed by atoms with van der Waals surface area (Å²) in [5.41, 5.74) is 0.853. The van der Waals surface area contributed by atoms with Crippen LogP contribution in [0.1, 0.15) is 5.56 Å². The van der Waals surface area contributed by atoms with E-state index < -0.39 is 11.6 Å². The molecule has 0 unspecified atom stereocenters. The molecule has 2 aromatic carbocycles. The first-order valence-corrected chi connectivity index (χ1v) is 6.84. The van der Waals surface area contributed by atoms with Crippen LogP contribution in [-0.4, -0.2) is 14.9 Å². The summed E-state index contributed by atoms with van der Waals surface area (Å²) < 4.78 is 27.8. The highest BCUT2D eigenvalue weighted by atomic mass is 19.1. The van der Waals surface area contributed by atoms with Gasteiger partial charge < -0.3 is 5.11 Å². The van der Waals surface area contributed by atoms with Crippen LogP contribution < -0.4 is 5.56 Å². The molecule has 116 valence electrons. The number of aromatic hydroxyl groups is 1. The van der Waals surface area contributed by atoms with Gasteiger partial charge in [-0.3, -0.25) is 4.79 Å². The molecule has 0 fully saturated rings. The Morgan fingerprint density at radius 2 is 1.74 bits per heavy atom. The zero-order valence-electron chi connectivity index (χ0n) is 11.9. The highest BCUT2D eigenvalue weighted by molar-refractivity contribution is 5.58. The van der Waals surface area contributed by atoms with Gasteiger partial charge in [-0.1, -0.05) is 12.1 Å². The number of aromatic nitrogens is 2. The largest absolute Gasteiger partial charge is 0.508 e. The number of phenols is 1. The molecule has 4 nitrogen and oxygen atoms in total. The van der Waals surface area contributed by atoms with E-state index >= 15 is 0 Å². The second-order valence-corrected chi connectivity index (χ2v) is 5.04. The predicted octanol–water partition coefficient (Wildman–Crippen LogP) is 2.94. The maximum atomic E-state index is 13.3. The van der Waals surface area contributed by atoms with Gasteiger partial charge in [0.2, 0.25) is 0 Å². The zero-order valence-corrected chi connectivity index (χ0v) is 11.9. The van der Waals surface area contributed by atoms with Gasteiger partial charge in [0.25, 0.3) is 5.56 Å². The summed E-state index contributed by atoms with van der Waals surface area (Å²) in [4.78, 5) is 11.9. The topological polar surface area (TPSA) is 55.1 Å². The van der Waals surface area contributed by atoms with Crippen molar-refractivity contribution in [3.8, 4) is 17.0 Å². The Hall–Kier alpha value is -3.02. The highest BCUT2D eigenvalue weighted by Gasteiger charge is 2.07. The van der Waals surface area contributed by atoms with Crippen LogP contribution in [-0.2, 0) is 6.54 Å². The Morgan fingerprint density at radius 1 is 1.00 bits per heavy atom. The zero-order chi connectivity index (χ0) is 16.4. The number of nitrogens with zero attached hydrogens (tertiary/aromatic N) is 2. The lowest BCUT2D eigenvalue weighted by Crippen LogP contribution is -2.22. The quantitative estimate of drug-likeness (QED) is 0.808. The Morgan fingerprint density at radius 3 is 2.43 bits per heavy atom. The predicted molar refractivity (Wildman–Crippen MR) is 81.1 cm³/mol. The van der Waals surface area contributed by atoms with E-state index in [1.165, 1.54) is 28.9 Å². The standard InChI is InChI=1S/C17H12F2N2O2/c18-13-7-12(8-14(19)9-13)16-4-5-17(23)21(20-16)10-11-2-1-3-15(22)6-11/h1-9,22H,10H2. The molecule has 0 aliphatic heterocycles. The molecule has 6 heteroatoms. The van der Waals surface area contributed by atoms with Crippen molar-refractivity contribution in [3.05, 3.63) is 82.1 Å². The van der Waals surface area contributed by atoms with Gasteiger partial charge in [-0.15, -0.1) is 0 Å². The molecule has 0 atom stereocenters. The van der Waals surface area contributed by atoms with E-state index in [1.54, 1.807) is 12.1 Å². The third-order valence-electron chi connectivity index (χ3n) is 3.27. The van der Waals surface area contributed by atoms with Crippen LogP contribution in [0.15, 0.2) is 59.4 Å². The fourth-order valence-corrected chi connectivity index (χ4v) is 2.25. The number of phenolic OH excluding ortho intramolecular Hbond substituents is 1. The Balaban J connectivity index is 2.00. The third kappa shape index (κ3) is 3.42. The van der Waals surface area contributed by atoms with Crippen molar-refractivity contribution in [1.29, 1.82) is 0 Å². The molecule has 0 radical (unpaired) electrons. The van der Waals surface area contributed by atoms with Crippen molar-refractivity contribution in [2.75, 3.05) is 0 Å². The second-order valence-electron chi connectivity index (χ2n) is 5.04. The number of hydrogen-bond acceptors (Lipinski definition) is 3. The van der Waals surface area contributed by atoms with Gasteiger partial charge in [0.05, 0.1) is 12.2 Å².